The normalized spacial score (nSPS) is 17.8. The van der Waals surface area contributed by atoms with Crippen LogP contribution in [0.3, 0.4) is 0 Å². The van der Waals surface area contributed by atoms with Crippen LogP contribution in [0.2, 0.25) is 0 Å². The van der Waals surface area contributed by atoms with E-state index < -0.39 is 17.0 Å². The molecule has 1 saturated heterocycles. The summed E-state index contributed by atoms with van der Waals surface area (Å²) >= 11 is 1.22. The van der Waals surface area contributed by atoms with Crippen LogP contribution in [0, 0.1) is 5.82 Å². The number of rotatable bonds is 6. The van der Waals surface area contributed by atoms with Crippen LogP contribution in [0.1, 0.15) is 13.3 Å². The highest BCUT2D eigenvalue weighted by molar-refractivity contribution is 8.15. The summed E-state index contributed by atoms with van der Waals surface area (Å²) in [5.74, 6) is -0.404. The van der Waals surface area contributed by atoms with Crippen LogP contribution in [0.5, 0.6) is 5.75 Å². The lowest BCUT2D eigenvalue weighted by Crippen LogP contribution is -2.30. The Morgan fingerprint density at radius 3 is 2.64 bits per heavy atom. The van der Waals surface area contributed by atoms with Gasteiger partial charge in [-0.15, -0.1) is 0 Å². The van der Waals surface area contributed by atoms with E-state index in [9.17, 15) is 14.0 Å². The Morgan fingerprint density at radius 1 is 1.25 bits per heavy atom. The number of nitrogens with one attached hydrogen (secondary N) is 1. The standard InChI is InChI=1S/C20H20FN3O3S/c1-3-27-14-10-8-13(9-11-14)22-20-24(2)19(26)17(28-20)12-18(25)23-16-7-5-4-6-15(16)21/h4-11,17H,3,12H2,1-2H3,(H,23,25). The van der Waals surface area contributed by atoms with Crippen molar-refractivity contribution in [2.75, 3.05) is 19.0 Å². The van der Waals surface area contributed by atoms with Crippen LogP contribution in [0.25, 0.3) is 0 Å². The van der Waals surface area contributed by atoms with Gasteiger partial charge in [0.2, 0.25) is 11.8 Å². The first-order valence-corrected chi connectivity index (χ1v) is 9.66. The minimum absolute atomic E-state index is 0.0650. The molecular formula is C20H20FN3O3S. The summed E-state index contributed by atoms with van der Waals surface area (Å²) < 4.78 is 19.1. The molecule has 1 N–H and O–H groups in total. The van der Waals surface area contributed by atoms with Crippen molar-refractivity contribution in [1.82, 2.24) is 4.90 Å². The molecule has 1 unspecified atom stereocenters. The SMILES string of the molecule is CCOc1ccc(N=C2SC(CC(=O)Nc3ccccc3F)C(=O)N2C)cc1. The minimum atomic E-state index is -0.599. The summed E-state index contributed by atoms with van der Waals surface area (Å²) in [5, 5.41) is 2.42. The number of para-hydroxylation sites is 1. The van der Waals surface area contributed by atoms with E-state index in [4.69, 9.17) is 4.74 Å². The highest BCUT2D eigenvalue weighted by Crippen LogP contribution is 2.31. The lowest BCUT2D eigenvalue weighted by Gasteiger charge is -2.09. The van der Waals surface area contributed by atoms with Gasteiger partial charge in [0.1, 0.15) is 16.8 Å². The van der Waals surface area contributed by atoms with Gasteiger partial charge in [0.25, 0.3) is 0 Å². The minimum Gasteiger partial charge on any atom is -0.494 e. The largest absolute Gasteiger partial charge is 0.494 e. The Balaban J connectivity index is 1.65. The number of nitrogens with zero attached hydrogens (tertiary/aromatic N) is 2. The van der Waals surface area contributed by atoms with Crippen LogP contribution in [-0.4, -0.2) is 40.8 Å². The van der Waals surface area contributed by atoms with Gasteiger partial charge in [0.05, 0.1) is 18.0 Å². The average molecular weight is 401 g/mol. The van der Waals surface area contributed by atoms with Gasteiger partial charge in [-0.3, -0.25) is 14.5 Å². The molecule has 28 heavy (non-hydrogen) atoms. The zero-order valence-electron chi connectivity index (χ0n) is 15.5. The molecular weight excluding hydrogens is 381 g/mol. The highest BCUT2D eigenvalue weighted by Gasteiger charge is 2.37. The molecule has 0 radical (unpaired) electrons. The number of anilines is 1. The Labute approximate surface area is 166 Å². The van der Waals surface area contributed by atoms with Gasteiger partial charge in [-0.25, -0.2) is 9.38 Å². The summed E-state index contributed by atoms with van der Waals surface area (Å²) in [6, 6.07) is 13.1. The maximum atomic E-state index is 13.7. The van der Waals surface area contributed by atoms with E-state index in [0.29, 0.717) is 17.5 Å². The number of ether oxygens (including phenoxy) is 1. The van der Waals surface area contributed by atoms with E-state index in [2.05, 4.69) is 10.3 Å². The second-order valence-corrected chi connectivity index (χ2v) is 7.23. The van der Waals surface area contributed by atoms with Crippen molar-refractivity contribution in [2.24, 2.45) is 4.99 Å². The number of carbonyl (C=O) groups excluding carboxylic acids is 2. The number of amides is 2. The second-order valence-electron chi connectivity index (χ2n) is 6.06. The maximum absolute atomic E-state index is 13.7. The number of amidine groups is 1. The summed E-state index contributed by atoms with van der Waals surface area (Å²) in [6.45, 7) is 2.49. The number of hydrogen-bond donors (Lipinski definition) is 1. The first kappa shape index (κ1) is 19.9. The van der Waals surface area contributed by atoms with Crippen molar-refractivity contribution in [3.05, 3.63) is 54.3 Å². The Hall–Kier alpha value is -2.87. The molecule has 1 heterocycles. The predicted octanol–water partition coefficient (Wildman–Crippen LogP) is 3.81. The Bertz CT molecular complexity index is 902. The molecule has 3 rings (SSSR count). The van der Waals surface area contributed by atoms with E-state index in [1.165, 1.54) is 28.8 Å². The first-order valence-electron chi connectivity index (χ1n) is 8.78. The third kappa shape index (κ3) is 4.69. The molecule has 146 valence electrons. The first-order chi connectivity index (χ1) is 13.5. The number of thioether (sulfide) groups is 1. The summed E-state index contributed by atoms with van der Waals surface area (Å²) in [4.78, 5) is 30.6. The molecule has 1 aliphatic heterocycles. The van der Waals surface area contributed by atoms with Gasteiger partial charge in [0.15, 0.2) is 5.17 Å². The monoisotopic (exact) mass is 401 g/mol. The van der Waals surface area contributed by atoms with Gasteiger partial charge >= 0.3 is 0 Å². The van der Waals surface area contributed by atoms with Crippen molar-refractivity contribution in [1.29, 1.82) is 0 Å². The second kappa shape index (κ2) is 8.88. The zero-order valence-corrected chi connectivity index (χ0v) is 16.3. The summed E-state index contributed by atoms with van der Waals surface area (Å²) in [7, 11) is 1.62. The van der Waals surface area contributed by atoms with E-state index >= 15 is 0 Å². The van der Waals surface area contributed by atoms with Gasteiger partial charge in [0, 0.05) is 13.5 Å². The van der Waals surface area contributed by atoms with Crippen molar-refractivity contribution >= 4 is 40.1 Å². The Morgan fingerprint density at radius 2 is 1.96 bits per heavy atom. The zero-order chi connectivity index (χ0) is 20.1. The fraction of sp³-hybridized carbons (Fsp3) is 0.250. The molecule has 1 aliphatic rings. The molecule has 1 fully saturated rings. The highest BCUT2D eigenvalue weighted by atomic mass is 32.2. The lowest BCUT2D eigenvalue weighted by molar-refractivity contribution is -0.127. The van der Waals surface area contributed by atoms with E-state index in [1.54, 1.807) is 31.3 Å². The van der Waals surface area contributed by atoms with Gasteiger partial charge in [-0.1, -0.05) is 23.9 Å². The van der Waals surface area contributed by atoms with Crippen molar-refractivity contribution in [3.63, 3.8) is 0 Å². The topological polar surface area (TPSA) is 71.0 Å². The van der Waals surface area contributed by atoms with Crippen LogP contribution >= 0.6 is 11.8 Å². The van der Waals surface area contributed by atoms with Crippen LogP contribution in [0.15, 0.2) is 53.5 Å². The van der Waals surface area contributed by atoms with E-state index in [0.717, 1.165) is 5.75 Å². The molecule has 0 aliphatic carbocycles. The molecule has 6 nitrogen and oxygen atoms in total. The number of carbonyl (C=O) groups is 2. The van der Waals surface area contributed by atoms with Gasteiger partial charge in [-0.2, -0.15) is 0 Å². The Kier molecular flexibility index (Phi) is 6.30. The van der Waals surface area contributed by atoms with Gasteiger partial charge in [-0.05, 0) is 43.3 Å². The van der Waals surface area contributed by atoms with Crippen LogP contribution < -0.4 is 10.1 Å². The molecule has 0 saturated carbocycles. The van der Waals surface area contributed by atoms with E-state index in [1.807, 2.05) is 19.1 Å². The third-order valence-corrected chi connectivity index (χ3v) is 5.26. The van der Waals surface area contributed by atoms with Gasteiger partial charge < -0.3 is 10.1 Å². The fourth-order valence-corrected chi connectivity index (χ4v) is 3.78. The van der Waals surface area contributed by atoms with Crippen molar-refractivity contribution in [2.45, 2.75) is 18.6 Å². The smallest absolute Gasteiger partial charge is 0.242 e. The molecule has 2 aromatic carbocycles. The summed E-state index contributed by atoms with van der Waals surface area (Å²) in [6.07, 6.45) is -0.0650. The van der Waals surface area contributed by atoms with E-state index in [-0.39, 0.29) is 18.0 Å². The summed E-state index contributed by atoms with van der Waals surface area (Å²) in [5.41, 5.74) is 0.779. The molecule has 0 spiro atoms. The number of aliphatic imine (C=N–C) groups is 1. The lowest BCUT2D eigenvalue weighted by atomic mass is 10.2. The van der Waals surface area contributed by atoms with Crippen LogP contribution in [0.4, 0.5) is 15.8 Å². The van der Waals surface area contributed by atoms with Crippen molar-refractivity contribution < 1.29 is 18.7 Å². The molecule has 2 aromatic rings. The average Bonchev–Trinajstić information content (AvgIpc) is 2.93. The molecule has 8 heteroatoms. The molecule has 2 amide bonds. The molecule has 0 aromatic heterocycles. The number of halogens is 1. The predicted molar refractivity (Wildman–Crippen MR) is 109 cm³/mol. The third-order valence-electron chi connectivity index (χ3n) is 4.03. The maximum Gasteiger partial charge on any atom is 0.242 e. The fourth-order valence-electron chi connectivity index (χ4n) is 2.62. The number of hydrogen-bond acceptors (Lipinski definition) is 5. The van der Waals surface area contributed by atoms with Crippen LogP contribution in [-0.2, 0) is 9.59 Å². The molecule has 1 atom stereocenters. The molecule has 0 bridgehead atoms. The number of benzene rings is 2. The quantitative estimate of drug-likeness (QED) is 0.799. The van der Waals surface area contributed by atoms with Crippen molar-refractivity contribution in [3.8, 4) is 5.75 Å².